The van der Waals surface area contributed by atoms with Crippen molar-refractivity contribution in [2.24, 2.45) is 0 Å². The van der Waals surface area contributed by atoms with Gasteiger partial charge in [-0.1, -0.05) is 78.3 Å². The van der Waals surface area contributed by atoms with E-state index in [0.29, 0.717) is 64.9 Å². The number of morpholine rings is 3. The number of benzene rings is 8. The average molecular weight is 1800 g/mol. The number of anilines is 8. The molecule has 22 rings (SSSR count). The zero-order valence-electron chi connectivity index (χ0n) is 69.2. The van der Waals surface area contributed by atoms with Crippen molar-refractivity contribution >= 4 is 193 Å². The van der Waals surface area contributed by atoms with Crippen molar-refractivity contribution in [3.05, 3.63) is 245 Å². The number of amides is 1. The predicted octanol–water partition coefficient (Wildman–Crippen LogP) is 19.4. The lowest BCUT2D eigenvalue weighted by molar-refractivity contribution is 0.0322. The van der Waals surface area contributed by atoms with Crippen molar-refractivity contribution in [1.82, 2.24) is 85.5 Å². The first-order valence-electron chi connectivity index (χ1n) is 41.7. The number of aromatic amines is 3. The predicted molar refractivity (Wildman–Crippen MR) is 510 cm³/mol. The third-order valence-corrected chi connectivity index (χ3v) is 26.1. The number of ether oxygens (including phenoxy) is 6. The number of hydrogen-bond donors (Lipinski definition) is 8. The highest BCUT2D eigenvalue weighted by Crippen LogP contribution is 2.44. The summed E-state index contributed by atoms with van der Waals surface area (Å²) in [6, 6.07) is 60.5. The fourth-order valence-electron chi connectivity index (χ4n) is 15.6. The minimum absolute atomic E-state index is 0.148. The molecule has 0 radical (unpaired) electrons. The van der Waals surface area contributed by atoms with Crippen LogP contribution in [0.5, 0.6) is 17.2 Å². The van der Waals surface area contributed by atoms with Gasteiger partial charge in [0.25, 0.3) is 5.91 Å². The van der Waals surface area contributed by atoms with Gasteiger partial charge in [-0.3, -0.25) is 34.8 Å². The van der Waals surface area contributed by atoms with Crippen LogP contribution in [0.15, 0.2) is 229 Å². The number of rotatable bonds is 24. The summed E-state index contributed by atoms with van der Waals surface area (Å²) in [6.45, 7) is 15.1. The minimum Gasteiger partial charge on any atom is -0.492 e. The smallest absolute Gasteiger partial charge is 0.253 e. The topological polar surface area (TPSA) is 319 Å². The maximum absolute atomic E-state index is 13.4. The molecule has 8 aromatic carbocycles. The summed E-state index contributed by atoms with van der Waals surface area (Å²) in [5.41, 5.74) is 9.86. The molecule has 646 valence electrons. The molecule has 3 saturated heterocycles. The summed E-state index contributed by atoms with van der Waals surface area (Å²) in [5.74, 6) is 6.99. The molecule has 0 atom stereocenters. The number of para-hydroxylation sites is 4. The maximum atomic E-state index is 13.4. The summed E-state index contributed by atoms with van der Waals surface area (Å²) >= 11 is 12.9. The van der Waals surface area contributed by atoms with E-state index in [4.69, 9.17) is 60.0 Å². The maximum Gasteiger partial charge on any atom is 0.253 e. The van der Waals surface area contributed by atoms with Gasteiger partial charge in [-0.2, -0.15) is 15.3 Å². The molecule has 19 aromatic rings. The summed E-state index contributed by atoms with van der Waals surface area (Å²) in [7, 11) is 1.63. The number of halogens is 2. The molecule has 28 nitrogen and oxygen atoms in total. The number of aromatic nitrogens is 13. The summed E-state index contributed by atoms with van der Waals surface area (Å²) in [4.78, 5) is 52.2. The molecule has 3 aliphatic rings. The standard InChI is InChI=1S/2C25H24N6O2S.C25H26N4O3S.C19H11ClFN5S/c2*1-3-17(15-18(4-1)33-13-10-31-8-11-32-12-9-31)28-25-21-7-14-34-23(21)19-5-2-6-20(22(19)29-25)24-26-16-27-30-24;1-26-25(30)20-7-3-6-19-22(20)28-24(21-8-15-33-23(19)21)27-17-4-2-5-18(16-17)32-14-11-29-9-12-31-13-10-29;20-14-8-10(21)4-5-15(14)24-19-13-6-7-27-17(13)11-2-1-3-12(16(11)25-19)18-22-9-23-26-18/h2*1-7,14-16H,8-13H2,(H,28,29)(H,26,27,30);2-8,15-16H,9-14H2,1H3,(H,26,30)(H,27,28);1-9H,(H,24,25)(H,22,23,26). The van der Waals surface area contributed by atoms with Gasteiger partial charge in [0.15, 0.2) is 17.5 Å². The van der Waals surface area contributed by atoms with Crippen LogP contribution in [0.3, 0.4) is 0 Å². The number of thiophene rings is 4. The fourth-order valence-corrected chi connectivity index (χ4v) is 19.6. The van der Waals surface area contributed by atoms with Crippen molar-refractivity contribution in [1.29, 1.82) is 0 Å². The van der Waals surface area contributed by atoms with Crippen LogP contribution in [0.4, 0.5) is 50.4 Å². The van der Waals surface area contributed by atoms with Crippen LogP contribution in [0, 0.1) is 5.82 Å². The Morgan fingerprint density at radius 1 is 0.406 bits per heavy atom. The van der Waals surface area contributed by atoms with E-state index in [9.17, 15) is 9.18 Å². The Morgan fingerprint density at radius 2 is 0.742 bits per heavy atom. The minimum atomic E-state index is -0.384. The summed E-state index contributed by atoms with van der Waals surface area (Å²) in [6.07, 6.45) is 4.50. The lowest BCUT2D eigenvalue weighted by Gasteiger charge is -2.26. The van der Waals surface area contributed by atoms with Crippen molar-refractivity contribution in [3.63, 3.8) is 0 Å². The van der Waals surface area contributed by atoms with E-state index in [0.717, 1.165) is 236 Å². The normalized spacial score (nSPS) is 13.9. The van der Waals surface area contributed by atoms with E-state index in [2.05, 4.69) is 133 Å². The van der Waals surface area contributed by atoms with Crippen molar-refractivity contribution in [2.45, 2.75) is 0 Å². The number of H-pyrrole nitrogens is 3. The van der Waals surface area contributed by atoms with Crippen molar-refractivity contribution < 1.29 is 37.6 Å². The number of carbonyl (C=O) groups is 1. The summed E-state index contributed by atoms with van der Waals surface area (Å²) < 4.78 is 52.2. The van der Waals surface area contributed by atoms with E-state index >= 15 is 0 Å². The van der Waals surface area contributed by atoms with Gasteiger partial charge in [0, 0.05) is 180 Å². The molecule has 8 N–H and O–H groups in total. The van der Waals surface area contributed by atoms with Gasteiger partial charge in [-0.15, -0.1) is 45.3 Å². The molecule has 14 heterocycles. The van der Waals surface area contributed by atoms with Crippen LogP contribution in [0.1, 0.15) is 10.4 Å². The highest BCUT2D eigenvalue weighted by molar-refractivity contribution is 7.19. The Labute approximate surface area is 753 Å². The van der Waals surface area contributed by atoms with Gasteiger partial charge in [0.05, 0.1) is 78.0 Å². The first kappa shape index (κ1) is 84.2. The second kappa shape index (κ2) is 39.7. The molecule has 1 amide bonds. The zero-order valence-corrected chi connectivity index (χ0v) is 73.2. The third-order valence-electron chi connectivity index (χ3n) is 22.0. The number of fused-ring (bicyclic) bond motifs is 12. The van der Waals surface area contributed by atoms with Crippen LogP contribution in [0.2, 0.25) is 5.02 Å². The molecule has 11 aromatic heterocycles. The number of nitrogens with zero attached hydrogens (tertiary/aromatic N) is 13. The number of nitrogens with one attached hydrogen (secondary N) is 8. The van der Waals surface area contributed by atoms with Crippen LogP contribution in [0.25, 0.3) is 118 Å². The van der Waals surface area contributed by atoms with Crippen LogP contribution >= 0.6 is 56.9 Å². The van der Waals surface area contributed by atoms with Crippen LogP contribution in [-0.2, 0) is 14.2 Å². The Balaban J connectivity index is 0.000000111. The van der Waals surface area contributed by atoms with Gasteiger partial charge in [-0.25, -0.2) is 39.3 Å². The van der Waals surface area contributed by atoms with Gasteiger partial charge in [-0.05, 0) is 125 Å². The van der Waals surface area contributed by atoms with Gasteiger partial charge >= 0.3 is 0 Å². The second-order valence-corrected chi connectivity index (χ2v) is 34.1. The Kier molecular flexibility index (Phi) is 26.1. The van der Waals surface area contributed by atoms with Crippen LogP contribution in [-0.4, -0.2) is 211 Å². The van der Waals surface area contributed by atoms with E-state index in [1.807, 2.05) is 139 Å². The molecular formula is C94H85ClFN21O7S4. The molecule has 0 unspecified atom stereocenters. The third kappa shape index (κ3) is 19.2. The van der Waals surface area contributed by atoms with Crippen LogP contribution < -0.4 is 40.8 Å². The molecule has 0 aliphatic carbocycles. The lowest BCUT2D eigenvalue weighted by Crippen LogP contribution is -2.38. The van der Waals surface area contributed by atoms with Gasteiger partial charge in [0.1, 0.15) is 85.1 Å². The van der Waals surface area contributed by atoms with Gasteiger partial charge in [0.2, 0.25) is 0 Å². The number of pyridine rings is 4. The van der Waals surface area contributed by atoms with Crippen molar-refractivity contribution in [3.8, 4) is 51.4 Å². The second-order valence-electron chi connectivity index (χ2n) is 30.0. The Morgan fingerprint density at radius 3 is 1.09 bits per heavy atom. The van der Waals surface area contributed by atoms with Crippen molar-refractivity contribution in [2.75, 3.05) is 147 Å². The Hall–Kier alpha value is -13.3. The molecule has 34 heteroatoms. The molecule has 128 heavy (non-hydrogen) atoms. The number of carbonyl (C=O) groups excluding carboxylic acids is 1. The molecule has 0 saturated carbocycles. The van der Waals surface area contributed by atoms with E-state index in [-0.39, 0.29) is 11.7 Å². The number of hydrogen-bond acceptors (Lipinski definition) is 28. The monoisotopic (exact) mass is 1800 g/mol. The first-order valence-corrected chi connectivity index (χ1v) is 45.6. The summed E-state index contributed by atoms with van der Waals surface area (Å²) in [5, 5.41) is 54.2. The largest absolute Gasteiger partial charge is 0.492 e. The first-order chi connectivity index (χ1) is 63.1. The highest BCUT2D eigenvalue weighted by atomic mass is 35.5. The zero-order chi connectivity index (χ0) is 86.5. The molecule has 0 bridgehead atoms. The quantitative estimate of drug-likeness (QED) is 0.0279. The lowest BCUT2D eigenvalue weighted by atomic mass is 10.1. The average Bonchev–Trinajstić information content (AvgIpc) is 1.50. The van der Waals surface area contributed by atoms with Gasteiger partial charge < -0.3 is 55.0 Å². The molecule has 3 fully saturated rings. The SMILES string of the molecule is CNC(=O)c1cccc2c1nc(Nc1cccc(OCCN3CCOCC3)c1)c1ccsc12.Fc1ccc(Nc2nc3c(-c4ncn[nH]4)cccc3c3sccc23)c(Cl)c1.c1cc(Nc2nc3c(-c4ncn[nH]4)cccc3c3sccc23)cc(OCCN2CCOCC2)c1.c1cc(Nc2nc3c(-c4ncn[nH]4)cccc3c3sccc23)cc(OCCN2CCOCC2)c1. The van der Waals surface area contributed by atoms with E-state index in [1.165, 1.54) is 40.5 Å². The molecular weight excluding hydrogens is 1720 g/mol. The molecule has 0 spiro atoms. The van der Waals surface area contributed by atoms with E-state index < -0.39 is 0 Å². The van der Waals surface area contributed by atoms with E-state index in [1.54, 1.807) is 64.5 Å². The molecule has 3 aliphatic heterocycles. The fraction of sp³-hybridized carbons (Fsp3) is 0.202. The Bertz CT molecular complexity index is 6850. The highest BCUT2D eigenvalue weighted by Gasteiger charge is 2.23.